The summed E-state index contributed by atoms with van der Waals surface area (Å²) >= 11 is 0. The number of hydrogen-bond acceptors (Lipinski definition) is 1. The Morgan fingerprint density at radius 3 is 2.48 bits per heavy atom. The standard InChI is InChI=1S/C22H24N2O/c1-16-8-11-21(17(2)12-16)23-22(25)15-24(3)14-18-9-10-19-6-4-5-7-20(19)13-18/h4-13H,14-15H2,1-3H3,(H,23,25)/p+1. The Labute approximate surface area is 149 Å². The lowest BCUT2D eigenvalue weighted by atomic mass is 10.1. The minimum Gasteiger partial charge on any atom is -0.326 e. The average molecular weight is 333 g/mol. The first-order valence-corrected chi connectivity index (χ1v) is 8.67. The maximum atomic E-state index is 12.3. The van der Waals surface area contributed by atoms with Crippen LogP contribution in [-0.4, -0.2) is 19.5 Å². The van der Waals surface area contributed by atoms with Gasteiger partial charge in [0, 0.05) is 11.3 Å². The van der Waals surface area contributed by atoms with Crippen LogP contribution in [-0.2, 0) is 11.3 Å². The van der Waals surface area contributed by atoms with E-state index < -0.39 is 0 Å². The van der Waals surface area contributed by atoms with Gasteiger partial charge in [-0.25, -0.2) is 0 Å². The van der Waals surface area contributed by atoms with Gasteiger partial charge < -0.3 is 10.2 Å². The van der Waals surface area contributed by atoms with Gasteiger partial charge in [-0.2, -0.15) is 0 Å². The summed E-state index contributed by atoms with van der Waals surface area (Å²) in [5, 5.41) is 5.51. The molecule has 0 aliphatic rings. The van der Waals surface area contributed by atoms with Gasteiger partial charge in [-0.1, -0.05) is 54.1 Å². The molecule has 3 aromatic rings. The maximum absolute atomic E-state index is 12.3. The molecular weight excluding hydrogens is 308 g/mol. The van der Waals surface area contributed by atoms with Crippen LogP contribution in [0.5, 0.6) is 0 Å². The van der Waals surface area contributed by atoms with Crippen LogP contribution < -0.4 is 10.2 Å². The van der Waals surface area contributed by atoms with Gasteiger partial charge >= 0.3 is 0 Å². The van der Waals surface area contributed by atoms with Gasteiger partial charge in [0.1, 0.15) is 6.54 Å². The van der Waals surface area contributed by atoms with E-state index in [1.54, 1.807) is 0 Å². The summed E-state index contributed by atoms with van der Waals surface area (Å²) in [5.74, 6) is 0.0465. The molecule has 0 bridgehead atoms. The van der Waals surface area contributed by atoms with Crippen LogP contribution in [0.4, 0.5) is 5.69 Å². The van der Waals surface area contributed by atoms with E-state index >= 15 is 0 Å². The predicted octanol–water partition coefficient (Wildman–Crippen LogP) is 3.11. The zero-order valence-corrected chi connectivity index (χ0v) is 15.1. The van der Waals surface area contributed by atoms with E-state index in [-0.39, 0.29) is 5.91 Å². The van der Waals surface area contributed by atoms with Crippen LogP contribution in [0.2, 0.25) is 0 Å². The molecule has 0 radical (unpaired) electrons. The maximum Gasteiger partial charge on any atom is 0.279 e. The molecule has 0 fully saturated rings. The number of likely N-dealkylation sites (N-methyl/N-ethyl adjacent to an activating group) is 1. The molecule has 0 aliphatic carbocycles. The van der Waals surface area contributed by atoms with E-state index in [1.807, 2.05) is 19.1 Å². The number of anilines is 1. The fourth-order valence-electron chi connectivity index (χ4n) is 3.18. The molecule has 1 unspecified atom stereocenters. The Balaban J connectivity index is 1.60. The zero-order valence-electron chi connectivity index (χ0n) is 15.1. The number of carbonyl (C=O) groups excluding carboxylic acids is 1. The first kappa shape index (κ1) is 17.2. The van der Waals surface area contributed by atoms with Crippen molar-refractivity contribution < 1.29 is 9.69 Å². The van der Waals surface area contributed by atoms with E-state index in [2.05, 4.69) is 67.8 Å². The lowest BCUT2D eigenvalue weighted by Crippen LogP contribution is -3.08. The molecule has 0 spiro atoms. The minimum absolute atomic E-state index is 0.0465. The predicted molar refractivity (Wildman–Crippen MR) is 104 cm³/mol. The molecule has 1 atom stereocenters. The summed E-state index contributed by atoms with van der Waals surface area (Å²) in [6.45, 7) is 5.35. The second-order valence-corrected chi connectivity index (χ2v) is 6.86. The van der Waals surface area contributed by atoms with Gasteiger partial charge in [0.05, 0.1) is 7.05 Å². The van der Waals surface area contributed by atoms with Crippen molar-refractivity contribution in [2.45, 2.75) is 20.4 Å². The zero-order chi connectivity index (χ0) is 17.8. The van der Waals surface area contributed by atoms with Crippen molar-refractivity contribution in [3.63, 3.8) is 0 Å². The third-order valence-corrected chi connectivity index (χ3v) is 4.44. The Morgan fingerprint density at radius 2 is 1.72 bits per heavy atom. The SMILES string of the molecule is Cc1ccc(NC(=O)C[NH+](C)Cc2ccc3ccccc3c2)c(C)c1. The normalized spacial score (nSPS) is 12.1. The highest BCUT2D eigenvalue weighted by atomic mass is 16.2. The molecule has 0 aliphatic heterocycles. The average Bonchev–Trinajstić information content (AvgIpc) is 2.57. The molecular formula is C22H25N2O+. The second-order valence-electron chi connectivity index (χ2n) is 6.86. The number of quaternary nitrogens is 1. The number of benzene rings is 3. The number of carbonyl (C=O) groups is 1. The quantitative estimate of drug-likeness (QED) is 0.739. The summed E-state index contributed by atoms with van der Waals surface area (Å²) in [7, 11) is 2.05. The molecule has 3 aromatic carbocycles. The Kier molecular flexibility index (Phi) is 5.15. The van der Waals surface area contributed by atoms with Gasteiger partial charge in [0.25, 0.3) is 5.91 Å². The summed E-state index contributed by atoms with van der Waals surface area (Å²) < 4.78 is 0. The highest BCUT2D eigenvalue weighted by Gasteiger charge is 2.12. The van der Waals surface area contributed by atoms with Crippen LogP contribution in [0, 0.1) is 13.8 Å². The summed E-state index contributed by atoms with van der Waals surface area (Å²) in [4.78, 5) is 13.5. The monoisotopic (exact) mass is 333 g/mol. The van der Waals surface area contributed by atoms with E-state index in [0.29, 0.717) is 6.54 Å². The second kappa shape index (κ2) is 7.49. The van der Waals surface area contributed by atoms with Gasteiger partial charge in [-0.05, 0) is 42.3 Å². The van der Waals surface area contributed by atoms with E-state index in [4.69, 9.17) is 0 Å². The number of fused-ring (bicyclic) bond motifs is 1. The van der Waals surface area contributed by atoms with Crippen LogP contribution >= 0.6 is 0 Å². The molecule has 3 rings (SSSR count). The van der Waals surface area contributed by atoms with Crippen molar-refractivity contribution in [1.29, 1.82) is 0 Å². The van der Waals surface area contributed by atoms with Gasteiger partial charge in [-0.3, -0.25) is 4.79 Å². The van der Waals surface area contributed by atoms with Crippen LogP contribution in [0.25, 0.3) is 10.8 Å². The fourth-order valence-corrected chi connectivity index (χ4v) is 3.18. The van der Waals surface area contributed by atoms with Crippen molar-refractivity contribution in [2.75, 3.05) is 18.9 Å². The highest BCUT2D eigenvalue weighted by Crippen LogP contribution is 2.16. The molecule has 0 saturated carbocycles. The Hall–Kier alpha value is -2.65. The van der Waals surface area contributed by atoms with Crippen molar-refractivity contribution in [3.05, 3.63) is 77.4 Å². The fraction of sp³-hybridized carbons (Fsp3) is 0.227. The van der Waals surface area contributed by atoms with Crippen LogP contribution in [0.3, 0.4) is 0 Å². The summed E-state index contributed by atoms with van der Waals surface area (Å²) in [6, 6.07) is 20.9. The highest BCUT2D eigenvalue weighted by molar-refractivity contribution is 5.92. The van der Waals surface area contributed by atoms with E-state index in [0.717, 1.165) is 22.7 Å². The minimum atomic E-state index is 0.0465. The van der Waals surface area contributed by atoms with E-state index in [9.17, 15) is 4.79 Å². The van der Waals surface area contributed by atoms with Crippen LogP contribution in [0.1, 0.15) is 16.7 Å². The summed E-state index contributed by atoms with van der Waals surface area (Å²) in [5.41, 5.74) is 4.44. The largest absolute Gasteiger partial charge is 0.326 e. The number of amides is 1. The van der Waals surface area contributed by atoms with Gasteiger partial charge in [-0.15, -0.1) is 0 Å². The lowest BCUT2D eigenvalue weighted by molar-refractivity contribution is -0.885. The molecule has 3 heteroatoms. The van der Waals surface area contributed by atoms with E-state index in [1.165, 1.54) is 21.9 Å². The van der Waals surface area contributed by atoms with Crippen molar-refractivity contribution in [1.82, 2.24) is 0 Å². The molecule has 0 heterocycles. The smallest absolute Gasteiger partial charge is 0.279 e. The number of hydrogen-bond donors (Lipinski definition) is 2. The Bertz CT molecular complexity index is 901. The number of nitrogens with one attached hydrogen (secondary N) is 2. The molecule has 0 aromatic heterocycles. The third-order valence-electron chi connectivity index (χ3n) is 4.44. The van der Waals surface area contributed by atoms with Crippen LogP contribution in [0.15, 0.2) is 60.7 Å². The lowest BCUT2D eigenvalue weighted by Gasteiger charge is -2.15. The molecule has 0 saturated heterocycles. The molecule has 128 valence electrons. The van der Waals surface area contributed by atoms with Crippen molar-refractivity contribution in [2.24, 2.45) is 0 Å². The van der Waals surface area contributed by atoms with Crippen molar-refractivity contribution >= 4 is 22.4 Å². The van der Waals surface area contributed by atoms with Gasteiger partial charge in [0.15, 0.2) is 6.54 Å². The number of aryl methyl sites for hydroxylation is 2. The number of rotatable bonds is 5. The topological polar surface area (TPSA) is 33.5 Å². The summed E-state index contributed by atoms with van der Waals surface area (Å²) in [6.07, 6.45) is 0. The molecule has 3 nitrogen and oxygen atoms in total. The molecule has 25 heavy (non-hydrogen) atoms. The first-order valence-electron chi connectivity index (χ1n) is 8.67. The molecule has 2 N–H and O–H groups in total. The van der Waals surface area contributed by atoms with Crippen molar-refractivity contribution in [3.8, 4) is 0 Å². The van der Waals surface area contributed by atoms with Gasteiger partial charge in [0.2, 0.25) is 0 Å². The first-order chi connectivity index (χ1) is 12.0. The Morgan fingerprint density at radius 1 is 0.960 bits per heavy atom. The third kappa shape index (κ3) is 4.46. The molecule has 1 amide bonds.